The quantitative estimate of drug-likeness (QED) is 0.396. The fourth-order valence-electron chi connectivity index (χ4n) is 1.42. The number of aliphatic hydroxyl groups excluding tert-OH is 4. The van der Waals surface area contributed by atoms with E-state index in [0.717, 1.165) is 18.6 Å². The highest BCUT2D eigenvalue weighted by molar-refractivity contribution is 8.76. The van der Waals surface area contributed by atoms with E-state index in [1.807, 2.05) is 0 Å². The van der Waals surface area contributed by atoms with Crippen molar-refractivity contribution >= 4 is 21.6 Å². The van der Waals surface area contributed by atoms with Gasteiger partial charge in [-0.05, 0) is 6.42 Å². The summed E-state index contributed by atoms with van der Waals surface area (Å²) in [5.41, 5.74) is -0.639. The van der Waals surface area contributed by atoms with Gasteiger partial charge in [0, 0.05) is 5.75 Å². The molecule has 1 aliphatic heterocycles. The molecule has 7 heteroatoms. The molecule has 5 atom stereocenters. The van der Waals surface area contributed by atoms with Crippen LogP contribution in [0, 0.1) is 6.92 Å². The summed E-state index contributed by atoms with van der Waals surface area (Å²) in [4.78, 5) is 0. The Morgan fingerprint density at radius 1 is 1.12 bits per heavy atom. The van der Waals surface area contributed by atoms with Crippen LogP contribution in [0.3, 0.4) is 0 Å². The Hall–Kier alpha value is 0.500. The normalized spacial score (nSPS) is 38.3. The minimum Gasteiger partial charge on any atom is -0.394 e. The van der Waals surface area contributed by atoms with Crippen molar-refractivity contribution in [2.24, 2.45) is 0 Å². The van der Waals surface area contributed by atoms with Crippen molar-refractivity contribution in [3.63, 3.8) is 0 Å². The lowest BCUT2D eigenvalue weighted by Gasteiger charge is -2.39. The summed E-state index contributed by atoms with van der Waals surface area (Å²) >= 11 is 0. The fraction of sp³-hybridized carbons (Fsp3) is 0.900. The third-order valence-electron chi connectivity index (χ3n) is 2.49. The van der Waals surface area contributed by atoms with Gasteiger partial charge in [-0.2, -0.15) is 0 Å². The van der Waals surface area contributed by atoms with E-state index in [1.54, 1.807) is 0 Å². The Morgan fingerprint density at radius 3 is 2.41 bits per heavy atom. The average Bonchev–Trinajstić information content (AvgIpc) is 2.34. The van der Waals surface area contributed by atoms with Gasteiger partial charge in [-0.15, -0.1) is 0 Å². The molecule has 1 heterocycles. The molecular formula is C10H19O5S2. The van der Waals surface area contributed by atoms with Crippen LogP contribution in [0.25, 0.3) is 0 Å². The first-order valence-corrected chi connectivity index (χ1v) is 7.88. The van der Waals surface area contributed by atoms with Gasteiger partial charge in [-0.25, -0.2) is 0 Å². The predicted molar refractivity (Wildman–Crippen MR) is 68.4 cm³/mol. The first-order chi connectivity index (χ1) is 8.11. The summed E-state index contributed by atoms with van der Waals surface area (Å²) in [6.07, 6.45) is -2.72. The Morgan fingerprint density at radius 2 is 1.82 bits per heavy atom. The van der Waals surface area contributed by atoms with Crippen LogP contribution in [-0.4, -0.2) is 62.6 Å². The largest absolute Gasteiger partial charge is 0.394 e. The van der Waals surface area contributed by atoms with Gasteiger partial charge in [0.1, 0.15) is 29.9 Å². The number of hydrogen-bond acceptors (Lipinski definition) is 7. The van der Waals surface area contributed by atoms with Crippen LogP contribution in [0.5, 0.6) is 0 Å². The minimum atomic E-state index is -1.29. The fourth-order valence-corrected chi connectivity index (χ4v) is 3.96. The summed E-state index contributed by atoms with van der Waals surface area (Å²) in [7, 11) is 2.83. The molecule has 101 valence electrons. The molecule has 1 fully saturated rings. The molecule has 0 aromatic rings. The molecule has 1 aliphatic rings. The number of hydrogen-bond donors (Lipinski definition) is 4. The average molecular weight is 283 g/mol. The van der Waals surface area contributed by atoms with E-state index in [4.69, 9.17) is 9.84 Å². The van der Waals surface area contributed by atoms with Crippen LogP contribution in [0.1, 0.15) is 12.8 Å². The second-order valence-electron chi connectivity index (χ2n) is 3.82. The van der Waals surface area contributed by atoms with Crippen LogP contribution >= 0.6 is 21.6 Å². The van der Waals surface area contributed by atoms with Gasteiger partial charge in [0.25, 0.3) is 0 Å². The van der Waals surface area contributed by atoms with Gasteiger partial charge in [-0.1, -0.05) is 34.9 Å². The Kier molecular flexibility index (Phi) is 7.17. The maximum Gasteiger partial charge on any atom is 0.142 e. The smallest absolute Gasteiger partial charge is 0.142 e. The van der Waals surface area contributed by atoms with E-state index in [-0.39, 0.29) is 6.61 Å². The minimum absolute atomic E-state index is 0.383. The lowest BCUT2D eigenvalue weighted by Crippen LogP contribution is -2.57. The first-order valence-electron chi connectivity index (χ1n) is 5.49. The van der Waals surface area contributed by atoms with Crippen LogP contribution in [0.4, 0.5) is 0 Å². The van der Waals surface area contributed by atoms with E-state index in [2.05, 4.69) is 6.92 Å². The van der Waals surface area contributed by atoms with Gasteiger partial charge in [0.2, 0.25) is 0 Å². The summed E-state index contributed by atoms with van der Waals surface area (Å²) in [6, 6.07) is 0. The predicted octanol–water partition coefficient (Wildman–Crippen LogP) is -0.218. The van der Waals surface area contributed by atoms with Gasteiger partial charge in [-0.3, -0.25) is 0 Å². The van der Waals surface area contributed by atoms with Crippen molar-refractivity contribution in [3.8, 4) is 0 Å². The lowest BCUT2D eigenvalue weighted by atomic mass is 10.0. The summed E-state index contributed by atoms with van der Waals surface area (Å²) in [5, 5.41) is 37.8. The van der Waals surface area contributed by atoms with Crippen LogP contribution in [0.2, 0.25) is 0 Å². The number of aliphatic hydroxyl groups is 4. The van der Waals surface area contributed by atoms with Gasteiger partial charge in [0.05, 0.1) is 6.61 Å². The number of rotatable bonds is 6. The molecule has 1 unspecified atom stereocenters. The molecule has 4 N–H and O–H groups in total. The van der Waals surface area contributed by atoms with Crippen molar-refractivity contribution in [2.45, 2.75) is 42.7 Å². The third kappa shape index (κ3) is 4.27. The van der Waals surface area contributed by atoms with Crippen molar-refractivity contribution in [2.75, 3.05) is 12.4 Å². The summed E-state index contributed by atoms with van der Waals surface area (Å²) in [5.74, 6) is 0.878. The third-order valence-corrected chi connectivity index (χ3v) is 5.14. The van der Waals surface area contributed by atoms with Gasteiger partial charge >= 0.3 is 0 Å². The second kappa shape index (κ2) is 7.83. The van der Waals surface area contributed by atoms with Crippen molar-refractivity contribution in [3.05, 3.63) is 6.92 Å². The molecule has 0 bridgehead atoms. The summed E-state index contributed by atoms with van der Waals surface area (Å²) in [6.45, 7) is 3.34. The zero-order valence-corrected chi connectivity index (χ0v) is 11.1. The molecule has 1 rings (SSSR count). The highest BCUT2D eigenvalue weighted by Gasteiger charge is 2.43. The van der Waals surface area contributed by atoms with E-state index < -0.39 is 29.9 Å². The molecule has 0 saturated carbocycles. The SMILES string of the molecule is [CH2]CCCSSC1O[C@H](CO)[C@@H](O)[C@H](O)[C@H]1O. The van der Waals surface area contributed by atoms with Crippen molar-refractivity contribution < 1.29 is 25.2 Å². The summed E-state index contributed by atoms with van der Waals surface area (Å²) < 4.78 is 5.33. The topological polar surface area (TPSA) is 90.2 Å². The van der Waals surface area contributed by atoms with Crippen molar-refractivity contribution in [1.82, 2.24) is 0 Å². The monoisotopic (exact) mass is 283 g/mol. The molecule has 0 aromatic heterocycles. The Bertz CT molecular complexity index is 217. The van der Waals surface area contributed by atoms with E-state index in [1.165, 1.54) is 21.6 Å². The molecule has 0 amide bonds. The van der Waals surface area contributed by atoms with E-state index >= 15 is 0 Å². The Balaban J connectivity index is 2.42. The number of unbranched alkanes of at least 4 members (excludes halogenated alkanes) is 1. The zero-order chi connectivity index (χ0) is 12.8. The number of ether oxygens (including phenoxy) is 1. The second-order valence-corrected chi connectivity index (χ2v) is 6.41. The van der Waals surface area contributed by atoms with Crippen LogP contribution < -0.4 is 0 Å². The van der Waals surface area contributed by atoms with Crippen LogP contribution in [-0.2, 0) is 4.74 Å². The highest BCUT2D eigenvalue weighted by Crippen LogP contribution is 2.35. The molecule has 17 heavy (non-hydrogen) atoms. The lowest BCUT2D eigenvalue weighted by molar-refractivity contribution is -0.205. The van der Waals surface area contributed by atoms with E-state index in [9.17, 15) is 15.3 Å². The maximum atomic E-state index is 9.71. The standard InChI is InChI=1S/C10H19O5S2/c1-2-3-4-16-17-10-9(14)8(13)7(12)6(5-11)15-10/h6-14H,1-5H2/t6-,7-,8+,9-,10?/m1/s1. The van der Waals surface area contributed by atoms with E-state index in [0.29, 0.717) is 0 Å². The Labute approximate surface area is 109 Å². The molecular weight excluding hydrogens is 264 g/mol. The van der Waals surface area contributed by atoms with Crippen molar-refractivity contribution in [1.29, 1.82) is 0 Å². The maximum absolute atomic E-state index is 9.71. The van der Waals surface area contributed by atoms with Gasteiger partial charge < -0.3 is 25.2 Å². The highest BCUT2D eigenvalue weighted by atomic mass is 33.1. The first kappa shape index (κ1) is 15.6. The molecule has 0 spiro atoms. The molecule has 1 saturated heterocycles. The zero-order valence-electron chi connectivity index (χ0n) is 9.44. The molecule has 5 nitrogen and oxygen atoms in total. The van der Waals surface area contributed by atoms with Crippen LogP contribution in [0.15, 0.2) is 0 Å². The van der Waals surface area contributed by atoms with Gasteiger partial charge in [0.15, 0.2) is 0 Å². The molecule has 0 aliphatic carbocycles. The molecule has 1 radical (unpaired) electrons. The molecule has 0 aromatic carbocycles.